The van der Waals surface area contributed by atoms with Gasteiger partial charge < -0.3 is 9.47 Å². The second kappa shape index (κ2) is 8.27. The second-order valence-electron chi connectivity index (χ2n) is 6.23. The van der Waals surface area contributed by atoms with Crippen LogP contribution in [-0.2, 0) is 12.8 Å². The van der Waals surface area contributed by atoms with Crippen LogP contribution in [0.25, 0.3) is 0 Å². The highest BCUT2D eigenvalue weighted by Gasteiger charge is 2.23. The highest BCUT2D eigenvalue weighted by molar-refractivity contribution is 6.35. The summed E-state index contributed by atoms with van der Waals surface area (Å²) in [5.74, 6) is 0.833. The van der Waals surface area contributed by atoms with Crippen LogP contribution >= 0.6 is 23.2 Å². The van der Waals surface area contributed by atoms with Crippen molar-refractivity contribution >= 4 is 23.2 Å². The molecule has 2 aromatic rings. The predicted molar refractivity (Wildman–Crippen MR) is 92.5 cm³/mol. The van der Waals surface area contributed by atoms with Crippen molar-refractivity contribution in [1.29, 1.82) is 0 Å². The smallest absolute Gasteiger partial charge is 0.387 e. The number of aromatic nitrogens is 1. The van der Waals surface area contributed by atoms with Crippen molar-refractivity contribution in [3.8, 4) is 11.5 Å². The summed E-state index contributed by atoms with van der Waals surface area (Å²) in [6, 6.07) is 4.90. The molecular formula is C18H18Cl2F2NO3+. The molecule has 0 atom stereocenters. The number of alkyl halides is 2. The Hall–Kier alpha value is -1.79. The summed E-state index contributed by atoms with van der Waals surface area (Å²) in [7, 11) is 0. The fourth-order valence-electron chi connectivity index (χ4n) is 2.55. The molecule has 0 spiro atoms. The van der Waals surface area contributed by atoms with Crippen LogP contribution in [0.2, 0.25) is 10.0 Å². The van der Waals surface area contributed by atoms with E-state index in [0.29, 0.717) is 46.7 Å². The Labute approximate surface area is 159 Å². The van der Waals surface area contributed by atoms with Gasteiger partial charge in [0.1, 0.15) is 10.0 Å². The number of ether oxygens (including phenoxy) is 2. The number of hydrogen-bond donors (Lipinski definition) is 1. The molecule has 8 heteroatoms. The zero-order valence-electron chi connectivity index (χ0n) is 13.8. The normalized spacial score (nSPS) is 13.9. The highest BCUT2D eigenvalue weighted by atomic mass is 35.5. The molecule has 1 saturated carbocycles. The molecule has 140 valence electrons. The molecule has 1 aromatic carbocycles. The molecule has 1 fully saturated rings. The molecule has 0 aliphatic heterocycles. The molecule has 1 heterocycles. The number of aryl methyl sites for hydroxylation is 1. The molecule has 1 aliphatic rings. The summed E-state index contributed by atoms with van der Waals surface area (Å²) < 4.78 is 36.2. The fraction of sp³-hybridized carbons (Fsp3) is 0.389. The van der Waals surface area contributed by atoms with Gasteiger partial charge in [-0.05, 0) is 49.3 Å². The van der Waals surface area contributed by atoms with Crippen LogP contribution in [-0.4, -0.2) is 18.4 Å². The Bertz CT molecular complexity index is 762. The lowest BCUT2D eigenvalue weighted by atomic mass is 10.0. The van der Waals surface area contributed by atoms with Gasteiger partial charge in [0.25, 0.3) is 0 Å². The third-order valence-corrected chi connectivity index (χ3v) is 4.78. The van der Waals surface area contributed by atoms with E-state index in [1.807, 2.05) is 0 Å². The monoisotopic (exact) mass is 404 g/mol. The standard InChI is InChI=1S/C18H18Cl2F2NO3/c19-14-8-23(24)9-15(20)13(14)5-3-11-4-6-16(26-18(21)22)17(7-11)25-10-12-1-2-12/h4,6-9,12,18,24H,1-3,5,10H2/q+1. The van der Waals surface area contributed by atoms with Gasteiger partial charge in [0, 0.05) is 10.3 Å². The van der Waals surface area contributed by atoms with E-state index in [9.17, 15) is 14.0 Å². The minimum absolute atomic E-state index is 0.0292. The molecule has 0 unspecified atom stereocenters. The van der Waals surface area contributed by atoms with E-state index in [1.165, 1.54) is 18.5 Å². The van der Waals surface area contributed by atoms with Gasteiger partial charge in [-0.25, -0.2) is 0 Å². The third-order valence-electron chi connectivity index (χ3n) is 4.13. The maximum atomic E-state index is 12.6. The zero-order valence-corrected chi connectivity index (χ0v) is 15.3. The second-order valence-corrected chi connectivity index (χ2v) is 7.04. The molecule has 26 heavy (non-hydrogen) atoms. The molecule has 0 bridgehead atoms. The summed E-state index contributed by atoms with van der Waals surface area (Å²) >= 11 is 12.2. The van der Waals surface area contributed by atoms with Crippen LogP contribution in [0, 0.1) is 5.92 Å². The molecule has 1 N–H and O–H groups in total. The van der Waals surface area contributed by atoms with Gasteiger partial charge >= 0.3 is 6.61 Å². The molecule has 0 amide bonds. The quantitative estimate of drug-likeness (QED) is 0.512. The number of nitrogens with zero attached hydrogens (tertiary/aromatic N) is 1. The molecule has 1 aromatic heterocycles. The van der Waals surface area contributed by atoms with E-state index in [1.54, 1.807) is 12.1 Å². The van der Waals surface area contributed by atoms with Crippen molar-refractivity contribution in [2.45, 2.75) is 32.3 Å². The Balaban J connectivity index is 1.73. The van der Waals surface area contributed by atoms with Gasteiger partial charge in [0.15, 0.2) is 11.5 Å². The van der Waals surface area contributed by atoms with E-state index in [0.717, 1.165) is 23.1 Å². The third kappa shape index (κ3) is 5.11. The lowest BCUT2D eigenvalue weighted by molar-refractivity contribution is -0.904. The predicted octanol–water partition coefficient (Wildman–Crippen LogP) is 4.69. The largest absolute Gasteiger partial charge is 0.489 e. The van der Waals surface area contributed by atoms with Crippen molar-refractivity contribution in [3.63, 3.8) is 0 Å². The van der Waals surface area contributed by atoms with Crippen LogP contribution in [0.15, 0.2) is 30.6 Å². The first-order valence-corrected chi connectivity index (χ1v) is 8.97. The summed E-state index contributed by atoms with van der Waals surface area (Å²) in [5.41, 5.74) is 1.58. The first-order valence-electron chi connectivity index (χ1n) is 8.21. The molecule has 3 rings (SSSR count). The number of benzene rings is 1. The summed E-state index contributed by atoms with van der Waals surface area (Å²) in [5, 5.41) is 10.1. The lowest BCUT2D eigenvalue weighted by Gasteiger charge is -2.14. The molecular weight excluding hydrogens is 387 g/mol. The minimum atomic E-state index is -2.91. The van der Waals surface area contributed by atoms with E-state index < -0.39 is 6.61 Å². The van der Waals surface area contributed by atoms with Gasteiger partial charge in [-0.1, -0.05) is 29.3 Å². The Kier molecular flexibility index (Phi) is 6.04. The van der Waals surface area contributed by atoms with Gasteiger partial charge in [-0.2, -0.15) is 8.78 Å². The number of halogens is 4. The highest BCUT2D eigenvalue weighted by Crippen LogP contribution is 2.34. The topological polar surface area (TPSA) is 42.6 Å². The Morgan fingerprint density at radius 2 is 1.81 bits per heavy atom. The Morgan fingerprint density at radius 1 is 1.12 bits per heavy atom. The lowest BCUT2D eigenvalue weighted by Crippen LogP contribution is -2.29. The van der Waals surface area contributed by atoms with Gasteiger partial charge in [-0.15, -0.1) is 0 Å². The average molecular weight is 405 g/mol. The Morgan fingerprint density at radius 3 is 2.42 bits per heavy atom. The first-order chi connectivity index (χ1) is 12.4. The van der Waals surface area contributed by atoms with E-state index in [2.05, 4.69) is 4.74 Å². The van der Waals surface area contributed by atoms with Crippen molar-refractivity contribution in [2.75, 3.05) is 6.61 Å². The van der Waals surface area contributed by atoms with E-state index in [4.69, 9.17) is 27.9 Å². The molecule has 0 saturated heterocycles. The fourth-order valence-corrected chi connectivity index (χ4v) is 3.19. The molecule has 4 nitrogen and oxygen atoms in total. The summed E-state index contributed by atoms with van der Waals surface area (Å²) in [6.45, 7) is -2.41. The molecule has 0 radical (unpaired) electrons. The van der Waals surface area contributed by atoms with E-state index in [-0.39, 0.29) is 5.75 Å². The van der Waals surface area contributed by atoms with Crippen molar-refractivity contribution in [2.24, 2.45) is 5.92 Å². The van der Waals surface area contributed by atoms with Crippen molar-refractivity contribution in [3.05, 3.63) is 51.8 Å². The summed E-state index contributed by atoms with van der Waals surface area (Å²) in [6.07, 6.45) is 6.00. The molecule has 1 aliphatic carbocycles. The van der Waals surface area contributed by atoms with Crippen LogP contribution in [0.1, 0.15) is 24.0 Å². The van der Waals surface area contributed by atoms with Gasteiger partial charge in [-0.3, -0.25) is 5.21 Å². The van der Waals surface area contributed by atoms with Crippen LogP contribution in [0.4, 0.5) is 8.78 Å². The zero-order chi connectivity index (χ0) is 18.7. The summed E-state index contributed by atoms with van der Waals surface area (Å²) in [4.78, 5) is 0. The first kappa shape index (κ1) is 19.0. The van der Waals surface area contributed by atoms with Crippen LogP contribution in [0.3, 0.4) is 0 Å². The van der Waals surface area contributed by atoms with Gasteiger partial charge in [0.05, 0.1) is 6.61 Å². The maximum absolute atomic E-state index is 12.6. The van der Waals surface area contributed by atoms with Crippen LogP contribution < -0.4 is 14.2 Å². The number of rotatable bonds is 8. The SMILES string of the molecule is O[n+]1cc(Cl)c(CCc2ccc(OC(F)F)c(OCC3CC3)c2)c(Cl)c1. The van der Waals surface area contributed by atoms with Crippen molar-refractivity contribution < 1.29 is 28.2 Å². The minimum Gasteiger partial charge on any atom is -0.489 e. The van der Waals surface area contributed by atoms with E-state index >= 15 is 0 Å². The number of pyridine rings is 1. The van der Waals surface area contributed by atoms with Crippen molar-refractivity contribution in [1.82, 2.24) is 0 Å². The van der Waals surface area contributed by atoms with Gasteiger partial charge in [0.2, 0.25) is 12.4 Å². The maximum Gasteiger partial charge on any atom is 0.387 e. The number of hydrogen-bond acceptors (Lipinski definition) is 3. The average Bonchev–Trinajstić information content (AvgIpc) is 3.37. The van der Waals surface area contributed by atoms with Crippen LogP contribution in [0.5, 0.6) is 11.5 Å².